The molecule has 23 heavy (non-hydrogen) atoms. The third-order valence-electron chi connectivity index (χ3n) is 3.55. The number of nitrogens with one attached hydrogen (secondary N) is 1. The number of hydrogen-bond donors (Lipinski definition) is 1. The summed E-state index contributed by atoms with van der Waals surface area (Å²) in [5.41, 5.74) is 2.49. The average molecular weight is 346 g/mol. The van der Waals surface area contributed by atoms with E-state index in [0.717, 1.165) is 11.1 Å². The first-order chi connectivity index (χ1) is 11.1. The number of aromatic nitrogens is 1. The van der Waals surface area contributed by atoms with Gasteiger partial charge in [0, 0.05) is 23.8 Å². The number of amides is 1. The summed E-state index contributed by atoms with van der Waals surface area (Å²) in [6, 6.07) is 10.5. The molecule has 2 aromatic rings. The molecular weight excluding hydrogens is 333 g/mol. The maximum atomic E-state index is 12.0. The van der Waals surface area contributed by atoms with Crippen molar-refractivity contribution < 1.29 is 4.79 Å². The summed E-state index contributed by atoms with van der Waals surface area (Å²) in [5.74, 6) is -0.260. The highest BCUT2D eigenvalue weighted by Crippen LogP contribution is 2.41. The van der Waals surface area contributed by atoms with E-state index in [4.69, 9.17) is 23.2 Å². The number of halogens is 2. The minimum absolute atomic E-state index is 0.260. The molecule has 0 spiro atoms. The molecule has 0 saturated carbocycles. The maximum absolute atomic E-state index is 12.0. The third kappa shape index (κ3) is 3.00. The molecule has 0 aliphatic carbocycles. The molecule has 0 saturated heterocycles. The standard InChI is InChI=1S/C17H13Cl2N3O/c1-20-17(23)14-9-11(16-13(19)7-4-8-21-16)15(22-14)10-5-2-3-6-12(10)18/h2-9,15H,1H3,(H,20,23). The molecule has 1 aliphatic rings. The van der Waals surface area contributed by atoms with Crippen molar-refractivity contribution >= 4 is 40.4 Å². The molecule has 0 radical (unpaired) electrons. The maximum Gasteiger partial charge on any atom is 0.269 e. The van der Waals surface area contributed by atoms with Crippen molar-refractivity contribution in [3.05, 3.63) is 70.0 Å². The van der Waals surface area contributed by atoms with Crippen LogP contribution >= 0.6 is 23.2 Å². The second kappa shape index (κ2) is 6.52. The Morgan fingerprint density at radius 2 is 1.87 bits per heavy atom. The Hall–Kier alpha value is -2.17. The summed E-state index contributed by atoms with van der Waals surface area (Å²) in [6.07, 6.45) is 3.37. The van der Waals surface area contributed by atoms with E-state index in [1.54, 1.807) is 37.5 Å². The first-order valence-corrected chi connectivity index (χ1v) is 7.74. The van der Waals surface area contributed by atoms with Crippen molar-refractivity contribution in [2.24, 2.45) is 4.99 Å². The minimum atomic E-state index is -0.414. The monoisotopic (exact) mass is 345 g/mol. The van der Waals surface area contributed by atoms with Gasteiger partial charge in [0.1, 0.15) is 11.8 Å². The number of hydrogen-bond acceptors (Lipinski definition) is 3. The number of nitrogens with zero attached hydrogens (tertiary/aromatic N) is 2. The zero-order chi connectivity index (χ0) is 16.4. The second-order valence-electron chi connectivity index (χ2n) is 4.95. The summed E-state index contributed by atoms with van der Waals surface area (Å²) in [6.45, 7) is 0. The van der Waals surface area contributed by atoms with Crippen molar-refractivity contribution in [2.75, 3.05) is 7.05 Å². The Balaban J connectivity index is 2.14. The Morgan fingerprint density at radius 3 is 2.57 bits per heavy atom. The lowest BCUT2D eigenvalue weighted by molar-refractivity contribution is -0.114. The zero-order valence-corrected chi connectivity index (χ0v) is 13.8. The molecule has 1 aromatic carbocycles. The fourth-order valence-corrected chi connectivity index (χ4v) is 2.92. The van der Waals surface area contributed by atoms with Crippen LogP contribution in [-0.2, 0) is 4.79 Å². The number of rotatable bonds is 3. The lowest BCUT2D eigenvalue weighted by Crippen LogP contribution is -2.25. The summed E-state index contributed by atoms with van der Waals surface area (Å²) in [5, 5.41) is 3.66. The summed E-state index contributed by atoms with van der Waals surface area (Å²) < 4.78 is 0. The Kier molecular flexibility index (Phi) is 4.46. The van der Waals surface area contributed by atoms with Gasteiger partial charge in [-0.1, -0.05) is 41.4 Å². The molecular formula is C17H13Cl2N3O. The predicted molar refractivity (Wildman–Crippen MR) is 92.9 cm³/mol. The van der Waals surface area contributed by atoms with Crippen LogP contribution in [0.25, 0.3) is 5.57 Å². The van der Waals surface area contributed by atoms with Crippen molar-refractivity contribution in [1.82, 2.24) is 10.3 Å². The molecule has 1 unspecified atom stereocenters. The lowest BCUT2D eigenvalue weighted by Gasteiger charge is -2.15. The Labute approximate surface area is 143 Å². The normalized spacial score (nSPS) is 16.7. The highest BCUT2D eigenvalue weighted by Gasteiger charge is 2.29. The van der Waals surface area contributed by atoms with Gasteiger partial charge in [-0.2, -0.15) is 0 Å². The van der Waals surface area contributed by atoms with Gasteiger partial charge < -0.3 is 5.32 Å². The highest BCUT2D eigenvalue weighted by atomic mass is 35.5. The molecule has 6 heteroatoms. The molecule has 1 amide bonds. The molecule has 2 heterocycles. The van der Waals surface area contributed by atoms with Crippen LogP contribution in [0.2, 0.25) is 10.0 Å². The average Bonchev–Trinajstić information content (AvgIpc) is 3.00. The highest BCUT2D eigenvalue weighted by molar-refractivity contribution is 6.46. The number of aliphatic imine (C=N–C) groups is 1. The van der Waals surface area contributed by atoms with Gasteiger partial charge in [0.25, 0.3) is 5.91 Å². The fraction of sp³-hybridized carbons (Fsp3) is 0.118. The topological polar surface area (TPSA) is 54.4 Å². The molecule has 1 aliphatic heterocycles. The fourth-order valence-electron chi connectivity index (χ4n) is 2.45. The molecule has 3 rings (SSSR count). The second-order valence-corrected chi connectivity index (χ2v) is 5.77. The first kappa shape index (κ1) is 15.7. The van der Waals surface area contributed by atoms with Crippen molar-refractivity contribution in [1.29, 1.82) is 0 Å². The zero-order valence-electron chi connectivity index (χ0n) is 12.3. The summed E-state index contributed by atoms with van der Waals surface area (Å²) in [7, 11) is 1.56. The van der Waals surface area contributed by atoms with Gasteiger partial charge in [0.05, 0.1) is 10.7 Å². The van der Waals surface area contributed by atoms with Gasteiger partial charge in [-0.15, -0.1) is 0 Å². The first-order valence-electron chi connectivity index (χ1n) is 6.98. The van der Waals surface area contributed by atoms with Gasteiger partial charge in [0.15, 0.2) is 0 Å². The SMILES string of the molecule is CNC(=O)C1=NC(c2ccccc2Cl)C(c2ncccc2Cl)=C1. The number of carbonyl (C=O) groups is 1. The Morgan fingerprint density at radius 1 is 1.13 bits per heavy atom. The van der Waals surface area contributed by atoms with E-state index >= 15 is 0 Å². The van der Waals surface area contributed by atoms with Gasteiger partial charge in [-0.3, -0.25) is 14.8 Å². The quantitative estimate of drug-likeness (QED) is 0.921. The van der Waals surface area contributed by atoms with E-state index in [0.29, 0.717) is 21.5 Å². The van der Waals surface area contributed by atoms with Crippen LogP contribution in [0.5, 0.6) is 0 Å². The molecule has 1 aromatic heterocycles. The lowest BCUT2D eigenvalue weighted by atomic mass is 9.97. The van der Waals surface area contributed by atoms with Gasteiger partial charge in [-0.25, -0.2) is 0 Å². The van der Waals surface area contributed by atoms with Gasteiger partial charge in [0.2, 0.25) is 0 Å². The number of benzene rings is 1. The number of pyridine rings is 1. The molecule has 116 valence electrons. The smallest absolute Gasteiger partial charge is 0.269 e. The van der Waals surface area contributed by atoms with Crippen LogP contribution < -0.4 is 5.32 Å². The van der Waals surface area contributed by atoms with E-state index in [2.05, 4.69) is 15.3 Å². The molecule has 4 nitrogen and oxygen atoms in total. The van der Waals surface area contributed by atoms with Crippen molar-refractivity contribution in [3.8, 4) is 0 Å². The van der Waals surface area contributed by atoms with Crippen LogP contribution in [0, 0.1) is 0 Å². The summed E-state index contributed by atoms with van der Waals surface area (Å²) in [4.78, 5) is 20.8. The third-order valence-corrected chi connectivity index (χ3v) is 4.20. The van der Waals surface area contributed by atoms with Crippen LogP contribution in [0.1, 0.15) is 17.3 Å². The van der Waals surface area contributed by atoms with E-state index in [1.165, 1.54) is 0 Å². The van der Waals surface area contributed by atoms with Crippen LogP contribution in [0.15, 0.2) is 53.7 Å². The van der Waals surface area contributed by atoms with E-state index in [-0.39, 0.29) is 5.91 Å². The predicted octanol–water partition coefficient (Wildman–Crippen LogP) is 3.71. The van der Waals surface area contributed by atoms with Crippen LogP contribution in [0.3, 0.4) is 0 Å². The van der Waals surface area contributed by atoms with Crippen LogP contribution in [-0.4, -0.2) is 23.7 Å². The van der Waals surface area contributed by atoms with E-state index < -0.39 is 6.04 Å². The Bertz CT molecular complexity index is 830. The van der Waals surface area contributed by atoms with E-state index in [1.807, 2.05) is 18.2 Å². The van der Waals surface area contributed by atoms with Crippen molar-refractivity contribution in [2.45, 2.75) is 6.04 Å². The molecule has 0 fully saturated rings. The van der Waals surface area contributed by atoms with Gasteiger partial charge >= 0.3 is 0 Å². The van der Waals surface area contributed by atoms with Gasteiger partial charge in [-0.05, 0) is 29.8 Å². The number of carbonyl (C=O) groups excluding carboxylic acids is 1. The molecule has 1 atom stereocenters. The summed E-state index contributed by atoms with van der Waals surface area (Å²) >= 11 is 12.6. The molecule has 0 bridgehead atoms. The minimum Gasteiger partial charge on any atom is -0.354 e. The van der Waals surface area contributed by atoms with Crippen LogP contribution in [0.4, 0.5) is 0 Å². The molecule has 1 N–H and O–H groups in total. The van der Waals surface area contributed by atoms with Crippen molar-refractivity contribution in [3.63, 3.8) is 0 Å². The largest absolute Gasteiger partial charge is 0.354 e. The van der Waals surface area contributed by atoms with E-state index in [9.17, 15) is 4.79 Å².